The Balaban J connectivity index is 0.808. The Bertz CT molecular complexity index is 4200. The number of rotatable bonds is 11. The van der Waals surface area contributed by atoms with E-state index in [0.717, 1.165) is 17.1 Å². The van der Waals surface area contributed by atoms with E-state index in [1.54, 1.807) is 0 Å². The lowest BCUT2D eigenvalue weighted by molar-refractivity contribution is 0.768. The van der Waals surface area contributed by atoms with Gasteiger partial charge in [-0.15, -0.1) is 0 Å². The van der Waals surface area contributed by atoms with E-state index in [9.17, 15) is 0 Å². The topological polar surface area (TPSA) is 3.24 Å². The van der Waals surface area contributed by atoms with Gasteiger partial charge in [0.15, 0.2) is 0 Å². The average molecular weight is 992 g/mol. The molecule has 0 unspecified atom stereocenters. The Labute approximate surface area is 457 Å². The van der Waals surface area contributed by atoms with Crippen LogP contribution in [-0.2, 0) is 5.41 Å². The van der Waals surface area contributed by atoms with Gasteiger partial charge in [0.1, 0.15) is 0 Å². The van der Waals surface area contributed by atoms with Crippen molar-refractivity contribution in [2.75, 3.05) is 4.90 Å². The smallest absolute Gasteiger partial charge is 0.0713 e. The highest BCUT2D eigenvalue weighted by atomic mass is 15.1. The summed E-state index contributed by atoms with van der Waals surface area (Å²) in [7, 11) is 0. The molecule has 0 fully saturated rings. The Kier molecular flexibility index (Phi) is 11.8. The number of benzene rings is 13. The summed E-state index contributed by atoms with van der Waals surface area (Å²) in [6, 6.07) is 118. The minimum atomic E-state index is -0.462. The molecule has 0 aliphatic heterocycles. The molecule has 13 aromatic carbocycles. The highest BCUT2D eigenvalue weighted by Gasteiger charge is 2.46. The summed E-state index contributed by atoms with van der Waals surface area (Å²) in [5.41, 5.74) is 24.9. The van der Waals surface area contributed by atoms with Crippen LogP contribution in [0.5, 0.6) is 0 Å². The van der Waals surface area contributed by atoms with Gasteiger partial charge in [0.05, 0.1) is 5.41 Å². The van der Waals surface area contributed by atoms with Crippen LogP contribution in [0.3, 0.4) is 0 Å². The van der Waals surface area contributed by atoms with E-state index in [0.29, 0.717) is 0 Å². The zero-order valence-electron chi connectivity index (χ0n) is 43.0. The largest absolute Gasteiger partial charge is 0.311 e. The zero-order chi connectivity index (χ0) is 51.8. The van der Waals surface area contributed by atoms with Crippen LogP contribution in [0.25, 0.3) is 88.7 Å². The van der Waals surface area contributed by atoms with Crippen LogP contribution in [0.4, 0.5) is 17.1 Å². The molecule has 0 saturated heterocycles. The maximum absolute atomic E-state index is 2.38. The van der Waals surface area contributed by atoms with Crippen LogP contribution in [0.15, 0.2) is 322 Å². The van der Waals surface area contributed by atoms with Crippen LogP contribution in [0.2, 0.25) is 0 Å². The van der Waals surface area contributed by atoms with E-state index in [1.165, 1.54) is 111 Å². The van der Waals surface area contributed by atoms with Gasteiger partial charge >= 0.3 is 0 Å². The first-order chi connectivity index (χ1) is 38.7. The average Bonchev–Trinajstić information content (AvgIpc) is 4.09. The zero-order valence-corrected chi connectivity index (χ0v) is 43.0. The van der Waals surface area contributed by atoms with Crippen LogP contribution in [0, 0.1) is 0 Å². The summed E-state index contributed by atoms with van der Waals surface area (Å²) in [6.07, 6.45) is 0. The fourth-order valence-corrected chi connectivity index (χ4v) is 12.2. The van der Waals surface area contributed by atoms with Gasteiger partial charge in [0.2, 0.25) is 0 Å². The van der Waals surface area contributed by atoms with E-state index in [2.05, 4.69) is 326 Å². The maximum Gasteiger partial charge on any atom is 0.0713 e. The lowest BCUT2D eigenvalue weighted by atomic mass is 9.67. The lowest BCUT2D eigenvalue weighted by Crippen LogP contribution is -2.28. The molecule has 366 valence electrons. The minimum Gasteiger partial charge on any atom is -0.311 e. The van der Waals surface area contributed by atoms with Gasteiger partial charge in [-0.2, -0.15) is 0 Å². The van der Waals surface area contributed by atoms with Crippen LogP contribution >= 0.6 is 0 Å². The summed E-state index contributed by atoms with van der Waals surface area (Å²) in [4.78, 5) is 2.38. The summed E-state index contributed by atoms with van der Waals surface area (Å²) in [5.74, 6) is 0. The monoisotopic (exact) mass is 991 g/mol. The van der Waals surface area contributed by atoms with Crippen molar-refractivity contribution in [3.8, 4) is 77.9 Å². The Hall–Kier alpha value is -10.1. The standard InChI is InChI=1S/C77H53N/c1-4-16-54(17-5-1)56-30-32-57(33-31-56)59-40-46-69(47-41-59)78(70-48-42-60(43-49-70)58-34-36-61(37-35-58)64-20-14-21-65(52-64)66-39-38-55-18-10-11-19-63(55)53-66)71-50-44-62(45-51-71)72-27-15-29-75-76(72)73-26-12-13-28-74(73)77(75,67-22-6-2-7-23-67)68-24-8-3-9-25-68/h1-53H. The normalized spacial score (nSPS) is 12.2. The number of anilines is 3. The molecule has 0 saturated carbocycles. The van der Waals surface area contributed by atoms with Crippen molar-refractivity contribution in [2.24, 2.45) is 0 Å². The summed E-state index contributed by atoms with van der Waals surface area (Å²) < 4.78 is 0. The third kappa shape index (κ3) is 8.30. The molecule has 1 aliphatic rings. The van der Waals surface area contributed by atoms with Gasteiger partial charge in [0.25, 0.3) is 0 Å². The molecule has 0 atom stereocenters. The third-order valence-corrected chi connectivity index (χ3v) is 16.0. The molecule has 13 aromatic rings. The predicted molar refractivity (Wildman–Crippen MR) is 329 cm³/mol. The van der Waals surface area contributed by atoms with Crippen molar-refractivity contribution in [3.05, 3.63) is 344 Å². The SMILES string of the molecule is c1ccc(-c2ccc(-c3ccc(N(c4ccc(-c5ccc(-c6cccc(-c7ccc8ccccc8c7)c6)cc5)cc4)c4ccc(-c5cccc6c5-c5ccccc5C6(c5ccccc5)c5ccccc5)cc4)cc3)cc2)cc1. The second-order valence-electron chi connectivity index (χ2n) is 20.4. The highest BCUT2D eigenvalue weighted by Crippen LogP contribution is 2.58. The quantitative estimate of drug-likeness (QED) is 0.125. The molecule has 14 rings (SSSR count). The molecule has 1 aliphatic carbocycles. The van der Waals surface area contributed by atoms with Crippen molar-refractivity contribution < 1.29 is 0 Å². The van der Waals surface area contributed by atoms with Crippen LogP contribution in [-0.4, -0.2) is 0 Å². The number of hydrogen-bond donors (Lipinski definition) is 0. The van der Waals surface area contributed by atoms with Crippen LogP contribution < -0.4 is 4.90 Å². The first-order valence-electron chi connectivity index (χ1n) is 27.0. The summed E-state index contributed by atoms with van der Waals surface area (Å²) in [5, 5.41) is 2.51. The second-order valence-corrected chi connectivity index (χ2v) is 20.4. The molecule has 0 heterocycles. The third-order valence-electron chi connectivity index (χ3n) is 16.0. The van der Waals surface area contributed by atoms with Gasteiger partial charge in [-0.25, -0.2) is 0 Å². The van der Waals surface area contributed by atoms with Gasteiger partial charge in [-0.05, 0) is 159 Å². The molecular weight excluding hydrogens is 939 g/mol. The molecular formula is C77H53N. The summed E-state index contributed by atoms with van der Waals surface area (Å²) in [6.45, 7) is 0. The molecule has 0 N–H and O–H groups in total. The fraction of sp³-hybridized carbons (Fsp3) is 0.0130. The van der Waals surface area contributed by atoms with Crippen molar-refractivity contribution in [2.45, 2.75) is 5.41 Å². The fourth-order valence-electron chi connectivity index (χ4n) is 12.2. The van der Waals surface area contributed by atoms with E-state index in [-0.39, 0.29) is 0 Å². The molecule has 0 amide bonds. The summed E-state index contributed by atoms with van der Waals surface area (Å²) >= 11 is 0. The lowest BCUT2D eigenvalue weighted by Gasteiger charge is -2.34. The molecule has 0 aromatic heterocycles. The maximum atomic E-state index is 2.38. The molecule has 1 nitrogen and oxygen atoms in total. The first-order valence-corrected chi connectivity index (χ1v) is 27.0. The Morgan fingerprint density at radius 3 is 1.10 bits per heavy atom. The van der Waals surface area contributed by atoms with E-state index in [1.807, 2.05) is 0 Å². The highest BCUT2D eigenvalue weighted by molar-refractivity contribution is 5.96. The van der Waals surface area contributed by atoms with Gasteiger partial charge in [-0.1, -0.05) is 273 Å². The Morgan fingerprint density at radius 1 is 0.205 bits per heavy atom. The predicted octanol–water partition coefficient (Wildman–Crippen LogP) is 20.7. The van der Waals surface area contributed by atoms with Crippen LogP contribution in [0.1, 0.15) is 22.3 Å². The molecule has 78 heavy (non-hydrogen) atoms. The first kappa shape index (κ1) is 46.5. The molecule has 0 spiro atoms. The molecule has 1 heteroatoms. The number of fused-ring (bicyclic) bond motifs is 4. The van der Waals surface area contributed by atoms with Crippen molar-refractivity contribution in [1.82, 2.24) is 0 Å². The van der Waals surface area contributed by atoms with Gasteiger partial charge < -0.3 is 4.90 Å². The van der Waals surface area contributed by atoms with Crippen molar-refractivity contribution in [3.63, 3.8) is 0 Å². The second kappa shape index (κ2) is 19.9. The van der Waals surface area contributed by atoms with E-state index < -0.39 is 5.41 Å². The molecule has 0 radical (unpaired) electrons. The Morgan fingerprint density at radius 2 is 0.551 bits per heavy atom. The number of hydrogen-bond acceptors (Lipinski definition) is 1. The van der Waals surface area contributed by atoms with E-state index in [4.69, 9.17) is 0 Å². The molecule has 0 bridgehead atoms. The van der Waals surface area contributed by atoms with Crippen molar-refractivity contribution >= 4 is 27.8 Å². The number of nitrogens with zero attached hydrogens (tertiary/aromatic N) is 1. The van der Waals surface area contributed by atoms with Gasteiger partial charge in [0, 0.05) is 17.1 Å². The van der Waals surface area contributed by atoms with Crippen molar-refractivity contribution in [1.29, 1.82) is 0 Å². The van der Waals surface area contributed by atoms with Gasteiger partial charge in [-0.3, -0.25) is 0 Å². The van der Waals surface area contributed by atoms with E-state index >= 15 is 0 Å². The minimum absolute atomic E-state index is 0.462.